The van der Waals surface area contributed by atoms with Crippen LogP contribution in [0, 0.1) is 6.92 Å². The van der Waals surface area contributed by atoms with Gasteiger partial charge >= 0.3 is 0 Å². The summed E-state index contributed by atoms with van der Waals surface area (Å²) >= 11 is 1.46. The maximum Gasteiger partial charge on any atom is 0.110 e. The van der Waals surface area contributed by atoms with Crippen molar-refractivity contribution in [2.75, 3.05) is 7.05 Å². The van der Waals surface area contributed by atoms with Gasteiger partial charge in [0.1, 0.15) is 5.82 Å². The Kier molecular flexibility index (Phi) is 4.43. The van der Waals surface area contributed by atoms with Crippen LogP contribution in [-0.4, -0.2) is 26.2 Å². The van der Waals surface area contributed by atoms with Crippen molar-refractivity contribution >= 4 is 11.5 Å². The van der Waals surface area contributed by atoms with Crippen LogP contribution in [0.25, 0.3) is 0 Å². The summed E-state index contributed by atoms with van der Waals surface area (Å²) in [6.07, 6.45) is 5.90. The van der Waals surface area contributed by atoms with E-state index in [1.807, 2.05) is 26.4 Å². The fourth-order valence-corrected chi connectivity index (χ4v) is 2.79. The van der Waals surface area contributed by atoms with E-state index in [4.69, 9.17) is 0 Å². The molecule has 2 heterocycles. The van der Waals surface area contributed by atoms with Gasteiger partial charge in [0.2, 0.25) is 0 Å². The molecule has 0 amide bonds. The average Bonchev–Trinajstić information content (AvgIpc) is 2.96. The molecule has 6 heteroatoms. The maximum atomic E-state index is 4.45. The molecule has 2 rings (SSSR count). The van der Waals surface area contributed by atoms with Gasteiger partial charge in [0, 0.05) is 25.4 Å². The smallest absolute Gasteiger partial charge is 0.110 e. The van der Waals surface area contributed by atoms with Gasteiger partial charge in [-0.2, -0.15) is 0 Å². The van der Waals surface area contributed by atoms with Crippen LogP contribution in [0.1, 0.15) is 35.8 Å². The number of rotatable bonds is 6. The van der Waals surface area contributed by atoms with Crippen LogP contribution >= 0.6 is 11.5 Å². The molecule has 0 aliphatic carbocycles. The number of aryl methyl sites for hydroxylation is 2. The van der Waals surface area contributed by atoms with Crippen LogP contribution in [0.5, 0.6) is 0 Å². The number of hydrogen-bond donors (Lipinski definition) is 1. The zero-order valence-corrected chi connectivity index (χ0v) is 11.9. The number of hydrogen-bond acceptors (Lipinski definition) is 5. The summed E-state index contributed by atoms with van der Waals surface area (Å²) in [5, 5.41) is 7.40. The van der Waals surface area contributed by atoms with Gasteiger partial charge in [-0.1, -0.05) is 11.4 Å². The molecule has 0 fully saturated rings. The largest absolute Gasteiger partial charge is 0.335 e. The van der Waals surface area contributed by atoms with Crippen LogP contribution in [0.3, 0.4) is 0 Å². The summed E-state index contributed by atoms with van der Waals surface area (Å²) < 4.78 is 6.22. The van der Waals surface area contributed by atoms with E-state index < -0.39 is 0 Å². The number of aromatic nitrogens is 4. The van der Waals surface area contributed by atoms with E-state index in [0.29, 0.717) is 0 Å². The van der Waals surface area contributed by atoms with E-state index in [1.54, 1.807) is 0 Å². The summed E-state index contributed by atoms with van der Waals surface area (Å²) in [4.78, 5) is 5.65. The molecule has 0 saturated carbocycles. The third-order valence-corrected chi connectivity index (χ3v) is 3.94. The number of nitrogens with zero attached hydrogens (tertiary/aromatic N) is 4. The molecule has 1 atom stereocenters. The van der Waals surface area contributed by atoms with E-state index in [2.05, 4.69) is 31.4 Å². The monoisotopic (exact) mass is 265 g/mol. The lowest BCUT2D eigenvalue weighted by molar-refractivity contribution is 0.547. The highest BCUT2D eigenvalue weighted by Crippen LogP contribution is 2.22. The lowest BCUT2D eigenvalue weighted by atomic mass is 10.1. The Balaban J connectivity index is 2.15. The summed E-state index contributed by atoms with van der Waals surface area (Å²) in [5.74, 6) is 1.11. The van der Waals surface area contributed by atoms with E-state index >= 15 is 0 Å². The second kappa shape index (κ2) is 6.06. The highest BCUT2D eigenvalue weighted by atomic mass is 32.1. The second-order valence-electron chi connectivity index (χ2n) is 4.30. The Morgan fingerprint density at radius 3 is 2.94 bits per heavy atom. The van der Waals surface area contributed by atoms with Crippen molar-refractivity contribution in [3.63, 3.8) is 0 Å². The Morgan fingerprint density at radius 2 is 2.33 bits per heavy atom. The van der Waals surface area contributed by atoms with E-state index in [9.17, 15) is 0 Å². The van der Waals surface area contributed by atoms with Gasteiger partial charge in [0.25, 0.3) is 0 Å². The molecule has 1 unspecified atom stereocenters. The van der Waals surface area contributed by atoms with Crippen molar-refractivity contribution in [2.24, 2.45) is 0 Å². The van der Waals surface area contributed by atoms with Crippen LogP contribution in [-0.2, 0) is 13.0 Å². The van der Waals surface area contributed by atoms with Gasteiger partial charge in [0.05, 0.1) is 16.6 Å². The van der Waals surface area contributed by atoms with Gasteiger partial charge in [0.15, 0.2) is 0 Å². The van der Waals surface area contributed by atoms with Gasteiger partial charge in [-0.3, -0.25) is 0 Å². The molecule has 1 N–H and O–H groups in total. The Morgan fingerprint density at radius 1 is 1.50 bits per heavy atom. The quantitative estimate of drug-likeness (QED) is 0.867. The van der Waals surface area contributed by atoms with Crippen molar-refractivity contribution in [1.29, 1.82) is 0 Å². The summed E-state index contributed by atoms with van der Waals surface area (Å²) in [6.45, 7) is 5.20. The Bertz CT molecular complexity index is 490. The number of nitrogens with one attached hydrogen (secondary N) is 1. The first-order chi connectivity index (χ1) is 8.76. The molecule has 0 aliphatic heterocycles. The molecule has 0 radical (unpaired) electrons. The highest BCUT2D eigenvalue weighted by molar-refractivity contribution is 7.05. The molecule has 2 aromatic heterocycles. The molecule has 18 heavy (non-hydrogen) atoms. The highest BCUT2D eigenvalue weighted by Gasteiger charge is 2.18. The van der Waals surface area contributed by atoms with Crippen LogP contribution < -0.4 is 5.32 Å². The van der Waals surface area contributed by atoms with E-state index in [-0.39, 0.29) is 6.04 Å². The Labute approximate surface area is 111 Å². The third-order valence-electron chi connectivity index (χ3n) is 3.00. The van der Waals surface area contributed by atoms with Gasteiger partial charge in [-0.25, -0.2) is 4.98 Å². The standard InChI is InChI=1S/C12H19N5S/c1-4-6-17-7-5-14-11(17)8-10(13-3)12-9(2)15-16-18-12/h5,7,10,13H,4,6,8H2,1-3H3. The number of imidazole rings is 1. The molecular weight excluding hydrogens is 246 g/mol. The van der Waals surface area contributed by atoms with Gasteiger partial charge in [-0.15, -0.1) is 5.10 Å². The van der Waals surface area contributed by atoms with E-state index in [0.717, 1.165) is 30.9 Å². The first-order valence-electron chi connectivity index (χ1n) is 6.22. The normalized spacial score (nSPS) is 12.8. The van der Waals surface area contributed by atoms with Crippen molar-refractivity contribution in [1.82, 2.24) is 24.5 Å². The molecule has 0 aliphatic rings. The zero-order chi connectivity index (χ0) is 13.0. The molecule has 5 nitrogen and oxygen atoms in total. The second-order valence-corrected chi connectivity index (χ2v) is 5.09. The van der Waals surface area contributed by atoms with E-state index in [1.165, 1.54) is 16.4 Å². The zero-order valence-electron chi connectivity index (χ0n) is 11.1. The summed E-state index contributed by atoms with van der Waals surface area (Å²) in [7, 11) is 1.97. The topological polar surface area (TPSA) is 55.6 Å². The molecule has 98 valence electrons. The van der Waals surface area contributed by atoms with Crippen molar-refractivity contribution in [3.05, 3.63) is 28.8 Å². The molecule has 0 aromatic carbocycles. The van der Waals surface area contributed by atoms with Crippen molar-refractivity contribution in [3.8, 4) is 0 Å². The van der Waals surface area contributed by atoms with Crippen LogP contribution in [0.2, 0.25) is 0 Å². The predicted molar refractivity (Wildman–Crippen MR) is 72.7 cm³/mol. The summed E-state index contributed by atoms with van der Waals surface area (Å²) in [5.41, 5.74) is 1.01. The van der Waals surface area contributed by atoms with Gasteiger partial charge in [-0.05, 0) is 31.9 Å². The lowest BCUT2D eigenvalue weighted by Crippen LogP contribution is -2.20. The molecular formula is C12H19N5S. The first-order valence-corrected chi connectivity index (χ1v) is 6.99. The molecule has 0 saturated heterocycles. The fraction of sp³-hybridized carbons (Fsp3) is 0.583. The lowest BCUT2D eigenvalue weighted by Gasteiger charge is -2.15. The maximum absolute atomic E-state index is 4.45. The third kappa shape index (κ3) is 2.76. The van der Waals surface area contributed by atoms with Gasteiger partial charge < -0.3 is 9.88 Å². The molecule has 2 aromatic rings. The molecule has 0 bridgehead atoms. The minimum absolute atomic E-state index is 0.239. The minimum Gasteiger partial charge on any atom is -0.335 e. The average molecular weight is 265 g/mol. The fourth-order valence-electron chi connectivity index (χ4n) is 2.04. The van der Waals surface area contributed by atoms with Crippen molar-refractivity contribution < 1.29 is 0 Å². The number of likely N-dealkylation sites (N-methyl/N-ethyl adjacent to an activating group) is 1. The first kappa shape index (κ1) is 13.2. The molecule has 0 spiro atoms. The van der Waals surface area contributed by atoms with Crippen LogP contribution in [0.4, 0.5) is 0 Å². The SMILES string of the molecule is CCCn1ccnc1CC(NC)c1snnc1C. The summed E-state index contributed by atoms with van der Waals surface area (Å²) in [6, 6.07) is 0.239. The Hall–Kier alpha value is -1.27. The van der Waals surface area contributed by atoms with Crippen molar-refractivity contribution in [2.45, 2.75) is 39.3 Å². The predicted octanol–water partition coefficient (Wildman–Crippen LogP) is 1.96. The van der Waals surface area contributed by atoms with Crippen LogP contribution in [0.15, 0.2) is 12.4 Å². The minimum atomic E-state index is 0.239.